The highest BCUT2D eigenvalue weighted by Gasteiger charge is 2.17. The minimum Gasteiger partial charge on any atom is -0.326 e. The molecule has 6 heteroatoms. The number of carbonyl (C=O) groups is 2. The summed E-state index contributed by atoms with van der Waals surface area (Å²) < 4.78 is 1.09. The number of nitrogens with one attached hydrogen (secondary N) is 2. The molecule has 0 saturated heterocycles. The van der Waals surface area contributed by atoms with Gasteiger partial charge >= 0.3 is 0 Å². The molecule has 0 aliphatic carbocycles. The van der Waals surface area contributed by atoms with Crippen LogP contribution >= 0.6 is 11.3 Å². The predicted molar refractivity (Wildman–Crippen MR) is 96.1 cm³/mol. The summed E-state index contributed by atoms with van der Waals surface area (Å²) in [5.41, 5.74) is 3.30. The Labute approximate surface area is 142 Å². The van der Waals surface area contributed by atoms with Crippen molar-refractivity contribution in [2.24, 2.45) is 0 Å². The van der Waals surface area contributed by atoms with Crippen LogP contribution in [0.4, 0.5) is 11.4 Å². The van der Waals surface area contributed by atoms with Crippen LogP contribution in [0.3, 0.4) is 0 Å². The number of hydrogen-bond donors (Lipinski definition) is 2. The molecule has 118 valence electrons. The van der Waals surface area contributed by atoms with Gasteiger partial charge in [-0.1, -0.05) is 12.1 Å². The van der Waals surface area contributed by atoms with E-state index in [1.54, 1.807) is 18.2 Å². The van der Waals surface area contributed by atoms with Gasteiger partial charge in [-0.2, -0.15) is 0 Å². The van der Waals surface area contributed by atoms with E-state index in [1.807, 2.05) is 30.3 Å². The van der Waals surface area contributed by atoms with Crippen molar-refractivity contribution in [2.45, 2.75) is 6.42 Å². The van der Waals surface area contributed by atoms with Crippen LogP contribution < -0.4 is 10.6 Å². The summed E-state index contributed by atoms with van der Waals surface area (Å²) in [6, 6.07) is 13.2. The molecule has 0 bridgehead atoms. The highest BCUT2D eigenvalue weighted by molar-refractivity contribution is 7.19. The molecule has 0 atom stereocenters. The summed E-state index contributed by atoms with van der Waals surface area (Å²) >= 11 is 1.54. The molecule has 0 saturated carbocycles. The van der Waals surface area contributed by atoms with Crippen molar-refractivity contribution in [3.05, 3.63) is 59.1 Å². The summed E-state index contributed by atoms with van der Waals surface area (Å²) in [7, 11) is 0. The lowest BCUT2D eigenvalue weighted by molar-refractivity contribution is -0.115. The molecule has 0 radical (unpaired) electrons. The Kier molecular flexibility index (Phi) is 3.59. The molecule has 0 spiro atoms. The molecule has 3 aromatic rings. The average molecular weight is 335 g/mol. The zero-order valence-corrected chi connectivity index (χ0v) is 13.4. The summed E-state index contributed by atoms with van der Waals surface area (Å²) in [6.07, 6.45) is 3.52. The van der Waals surface area contributed by atoms with E-state index in [2.05, 4.69) is 15.6 Å². The molecular weight excluding hydrogens is 322 g/mol. The largest absolute Gasteiger partial charge is 0.326 e. The smallest absolute Gasteiger partial charge is 0.248 e. The molecule has 1 aliphatic heterocycles. The number of nitrogens with zero attached hydrogens (tertiary/aromatic N) is 1. The van der Waals surface area contributed by atoms with Gasteiger partial charge in [0, 0.05) is 17.5 Å². The summed E-state index contributed by atoms with van der Waals surface area (Å²) in [5, 5.41) is 6.35. The maximum Gasteiger partial charge on any atom is 0.248 e. The van der Waals surface area contributed by atoms with Crippen LogP contribution in [0.1, 0.15) is 10.6 Å². The maximum absolute atomic E-state index is 12.1. The van der Waals surface area contributed by atoms with Crippen LogP contribution in [-0.4, -0.2) is 16.8 Å². The van der Waals surface area contributed by atoms with E-state index >= 15 is 0 Å². The topological polar surface area (TPSA) is 71.1 Å². The standard InChI is InChI=1S/C18H13N3O2S/c22-16(7-8-18-21-14-3-1-2-4-15(14)24-18)19-12-5-6-13-11(9-12)10-17(23)20-13/h1-9H,10H2,(H,19,22)(H,20,23)/b8-7-. The van der Waals surface area contributed by atoms with Crippen molar-refractivity contribution in [3.63, 3.8) is 0 Å². The van der Waals surface area contributed by atoms with Gasteiger partial charge in [0.05, 0.1) is 16.6 Å². The van der Waals surface area contributed by atoms with Gasteiger partial charge in [0.2, 0.25) is 11.8 Å². The Balaban J connectivity index is 1.46. The summed E-state index contributed by atoms with van der Waals surface area (Å²) in [5.74, 6) is -0.254. The predicted octanol–water partition coefficient (Wildman–Crippen LogP) is 3.44. The quantitative estimate of drug-likeness (QED) is 0.720. The van der Waals surface area contributed by atoms with Crippen LogP contribution in [0.25, 0.3) is 16.3 Å². The molecule has 2 amide bonds. The Morgan fingerprint density at radius 2 is 2.12 bits per heavy atom. The van der Waals surface area contributed by atoms with Crippen molar-refractivity contribution in [1.82, 2.24) is 4.98 Å². The first kappa shape index (κ1) is 14.6. The summed E-state index contributed by atoms with van der Waals surface area (Å²) in [4.78, 5) is 27.9. The first-order valence-electron chi connectivity index (χ1n) is 7.45. The number of anilines is 2. The number of aromatic nitrogens is 1. The Bertz CT molecular complexity index is 958. The van der Waals surface area contributed by atoms with Crippen molar-refractivity contribution in [3.8, 4) is 0 Å². The SMILES string of the molecule is O=C(/C=C\c1nc2ccccc2s1)Nc1ccc2c(c1)CC(=O)N2. The van der Waals surface area contributed by atoms with Gasteiger partial charge in [-0.25, -0.2) is 4.98 Å². The van der Waals surface area contributed by atoms with E-state index in [-0.39, 0.29) is 11.8 Å². The molecule has 2 N–H and O–H groups in total. The van der Waals surface area contributed by atoms with E-state index in [1.165, 1.54) is 17.4 Å². The normalized spacial score (nSPS) is 13.2. The minimum atomic E-state index is -0.230. The van der Waals surface area contributed by atoms with E-state index in [0.717, 1.165) is 26.5 Å². The Hall–Kier alpha value is -2.99. The Morgan fingerprint density at radius 1 is 1.25 bits per heavy atom. The van der Waals surface area contributed by atoms with Gasteiger partial charge in [-0.3, -0.25) is 9.59 Å². The number of fused-ring (bicyclic) bond motifs is 2. The van der Waals surface area contributed by atoms with Gasteiger partial charge in [0.15, 0.2) is 0 Å². The lowest BCUT2D eigenvalue weighted by Gasteiger charge is -2.04. The number of rotatable bonds is 3. The van der Waals surface area contributed by atoms with E-state index in [9.17, 15) is 9.59 Å². The second kappa shape index (κ2) is 5.90. The molecule has 0 fully saturated rings. The molecule has 24 heavy (non-hydrogen) atoms. The molecule has 5 nitrogen and oxygen atoms in total. The highest BCUT2D eigenvalue weighted by Crippen LogP contribution is 2.26. The third kappa shape index (κ3) is 2.91. The molecule has 2 heterocycles. The monoisotopic (exact) mass is 335 g/mol. The molecule has 4 rings (SSSR count). The third-order valence-electron chi connectivity index (χ3n) is 3.69. The number of amides is 2. The Morgan fingerprint density at radius 3 is 3.00 bits per heavy atom. The van der Waals surface area contributed by atoms with Crippen LogP contribution in [0.2, 0.25) is 0 Å². The fraction of sp³-hybridized carbons (Fsp3) is 0.0556. The lowest BCUT2D eigenvalue weighted by atomic mass is 10.1. The van der Waals surface area contributed by atoms with Gasteiger partial charge < -0.3 is 10.6 Å². The number of carbonyl (C=O) groups excluding carboxylic acids is 2. The minimum absolute atomic E-state index is 0.0239. The second-order valence-corrected chi connectivity index (χ2v) is 6.50. The van der Waals surface area contributed by atoms with E-state index in [0.29, 0.717) is 12.1 Å². The molecule has 1 aliphatic rings. The van der Waals surface area contributed by atoms with Crippen LogP contribution in [0, 0.1) is 0 Å². The molecule has 1 aromatic heterocycles. The van der Waals surface area contributed by atoms with E-state index in [4.69, 9.17) is 0 Å². The number of hydrogen-bond acceptors (Lipinski definition) is 4. The number of benzene rings is 2. The third-order valence-corrected chi connectivity index (χ3v) is 4.69. The second-order valence-electron chi connectivity index (χ2n) is 5.44. The van der Waals surface area contributed by atoms with Gasteiger partial charge in [-0.15, -0.1) is 11.3 Å². The van der Waals surface area contributed by atoms with Crippen molar-refractivity contribution >= 4 is 50.8 Å². The van der Waals surface area contributed by atoms with Crippen molar-refractivity contribution in [1.29, 1.82) is 0 Å². The highest BCUT2D eigenvalue weighted by atomic mass is 32.1. The fourth-order valence-electron chi connectivity index (χ4n) is 2.60. The zero-order chi connectivity index (χ0) is 16.5. The average Bonchev–Trinajstić information content (AvgIpc) is 3.14. The molecule has 0 unspecified atom stereocenters. The van der Waals surface area contributed by atoms with Crippen molar-refractivity contribution in [2.75, 3.05) is 10.6 Å². The van der Waals surface area contributed by atoms with Crippen LogP contribution in [0.5, 0.6) is 0 Å². The van der Waals surface area contributed by atoms with Gasteiger partial charge in [0.25, 0.3) is 0 Å². The number of thiazole rings is 1. The fourth-order valence-corrected chi connectivity index (χ4v) is 3.47. The first-order chi connectivity index (χ1) is 11.7. The first-order valence-corrected chi connectivity index (χ1v) is 8.26. The van der Waals surface area contributed by atoms with Crippen LogP contribution in [-0.2, 0) is 16.0 Å². The van der Waals surface area contributed by atoms with Gasteiger partial charge in [0.1, 0.15) is 5.01 Å². The van der Waals surface area contributed by atoms with Gasteiger partial charge in [-0.05, 0) is 42.0 Å². The molecular formula is C18H13N3O2S. The lowest BCUT2D eigenvalue weighted by Crippen LogP contribution is -2.07. The molecule has 2 aromatic carbocycles. The van der Waals surface area contributed by atoms with Crippen LogP contribution in [0.15, 0.2) is 48.5 Å². The maximum atomic E-state index is 12.1. The zero-order valence-electron chi connectivity index (χ0n) is 12.6. The van der Waals surface area contributed by atoms with E-state index < -0.39 is 0 Å². The number of para-hydroxylation sites is 1. The van der Waals surface area contributed by atoms with Crippen molar-refractivity contribution < 1.29 is 9.59 Å². The summed E-state index contributed by atoms with van der Waals surface area (Å²) in [6.45, 7) is 0.